The molecule has 2 saturated heterocycles. The van der Waals surface area contributed by atoms with E-state index in [1.54, 1.807) is 33.1 Å². The molecule has 1 aromatic rings. The number of nitrogens with zero attached hydrogens (tertiary/aromatic N) is 4. The molecular weight excluding hydrogens is 522 g/mol. The second-order valence-electron chi connectivity index (χ2n) is 10.8. The van der Waals surface area contributed by atoms with Gasteiger partial charge >= 0.3 is 0 Å². The highest BCUT2D eigenvalue weighted by Crippen LogP contribution is 2.30. The van der Waals surface area contributed by atoms with Crippen LogP contribution in [0.2, 0.25) is 0 Å². The van der Waals surface area contributed by atoms with Crippen LogP contribution in [0.25, 0.3) is 0 Å². The lowest BCUT2D eigenvalue weighted by Crippen LogP contribution is -2.64. The summed E-state index contributed by atoms with van der Waals surface area (Å²) in [5, 5.41) is 3.02. The van der Waals surface area contributed by atoms with Crippen LogP contribution in [0.4, 0.5) is 0 Å². The number of hydrogen-bond donors (Lipinski definition) is 1. The van der Waals surface area contributed by atoms with E-state index < -0.39 is 10.0 Å². The summed E-state index contributed by atoms with van der Waals surface area (Å²) in [7, 11) is 1.46. The molecule has 0 saturated carbocycles. The van der Waals surface area contributed by atoms with E-state index >= 15 is 0 Å². The van der Waals surface area contributed by atoms with Crippen molar-refractivity contribution in [1.29, 1.82) is 0 Å². The minimum Gasteiger partial charge on any atom is -0.497 e. The van der Waals surface area contributed by atoms with Gasteiger partial charge in [-0.2, -0.15) is 4.31 Å². The number of hydrogen-bond acceptors (Lipinski definition) is 8. The smallest absolute Gasteiger partial charge is 0.248 e. The monoisotopic (exact) mass is 567 g/mol. The zero-order valence-electron chi connectivity index (χ0n) is 24.3. The number of piperidine rings is 1. The average molecular weight is 568 g/mol. The van der Waals surface area contributed by atoms with E-state index in [2.05, 4.69) is 22.2 Å². The molecule has 2 heterocycles. The molecule has 0 aliphatic carbocycles. The molecule has 0 bridgehead atoms. The Labute approximate surface area is 233 Å². The van der Waals surface area contributed by atoms with E-state index in [1.165, 1.54) is 18.3 Å². The lowest BCUT2D eigenvalue weighted by atomic mass is 9.84. The lowest BCUT2D eigenvalue weighted by molar-refractivity contribution is -0.139. The Bertz CT molecular complexity index is 1090. The summed E-state index contributed by atoms with van der Waals surface area (Å²) >= 11 is 0. The number of nitrogens with one attached hydrogen (secondary N) is 1. The largest absolute Gasteiger partial charge is 0.497 e. The van der Waals surface area contributed by atoms with E-state index in [0.717, 1.165) is 39.0 Å². The maximum Gasteiger partial charge on any atom is 0.248 e. The standard InChI is InChI=1S/C27H45N5O6S/c1-21-17-24(37-6)18-22(2)26(21)39(35,36)30(5)15-16-38-19-25(34)31-9-7-27(8-10-31,20-28-23(3)33)32-13-11-29(4)12-14-32/h17-18H,7-16,19-20H2,1-6H3,(H,28,33). The van der Waals surface area contributed by atoms with Gasteiger partial charge in [0.1, 0.15) is 12.4 Å². The minimum atomic E-state index is -3.72. The fraction of sp³-hybridized carbons (Fsp3) is 0.704. The van der Waals surface area contributed by atoms with Gasteiger partial charge in [0.15, 0.2) is 0 Å². The first-order valence-electron chi connectivity index (χ1n) is 13.5. The summed E-state index contributed by atoms with van der Waals surface area (Å²) in [4.78, 5) is 31.4. The van der Waals surface area contributed by atoms with E-state index in [-0.39, 0.29) is 42.0 Å². The predicted molar refractivity (Wildman–Crippen MR) is 149 cm³/mol. The van der Waals surface area contributed by atoms with Crippen molar-refractivity contribution in [3.63, 3.8) is 0 Å². The fourth-order valence-corrected chi connectivity index (χ4v) is 7.06. The number of likely N-dealkylation sites (N-methyl/N-ethyl adjacent to an activating group) is 2. The summed E-state index contributed by atoms with van der Waals surface area (Å²) < 4.78 is 38.5. The van der Waals surface area contributed by atoms with Gasteiger partial charge in [-0.25, -0.2) is 8.42 Å². The molecule has 0 unspecified atom stereocenters. The van der Waals surface area contributed by atoms with Gasteiger partial charge in [0.2, 0.25) is 21.8 Å². The van der Waals surface area contributed by atoms with Gasteiger partial charge in [-0.3, -0.25) is 14.5 Å². The van der Waals surface area contributed by atoms with Gasteiger partial charge in [-0.1, -0.05) is 0 Å². The number of likely N-dealkylation sites (tertiary alicyclic amines) is 1. The fourth-order valence-electron chi connectivity index (χ4n) is 5.50. The van der Waals surface area contributed by atoms with E-state index in [9.17, 15) is 18.0 Å². The highest BCUT2D eigenvalue weighted by Gasteiger charge is 2.41. The van der Waals surface area contributed by atoms with Crippen molar-refractivity contribution in [3.8, 4) is 5.75 Å². The second-order valence-corrected chi connectivity index (χ2v) is 12.8. The molecule has 220 valence electrons. The van der Waals surface area contributed by atoms with Crippen LogP contribution in [0, 0.1) is 13.8 Å². The van der Waals surface area contributed by atoms with Crippen LogP contribution >= 0.6 is 0 Å². The summed E-state index contributed by atoms with van der Waals surface area (Å²) in [6.45, 7) is 10.8. The number of aryl methyl sites for hydroxylation is 2. The molecule has 0 radical (unpaired) electrons. The molecule has 2 aliphatic rings. The number of methoxy groups -OCH3 is 1. The van der Waals surface area contributed by atoms with Gasteiger partial charge in [0, 0.05) is 71.9 Å². The lowest BCUT2D eigenvalue weighted by Gasteiger charge is -2.51. The molecule has 0 atom stereocenters. The molecule has 1 N–H and O–H groups in total. The van der Waals surface area contributed by atoms with Crippen LogP contribution in [-0.4, -0.2) is 132 Å². The zero-order valence-corrected chi connectivity index (χ0v) is 25.1. The van der Waals surface area contributed by atoms with E-state index in [1.807, 2.05) is 4.90 Å². The molecule has 0 aromatic heterocycles. The summed E-state index contributed by atoms with van der Waals surface area (Å²) in [6, 6.07) is 3.41. The van der Waals surface area contributed by atoms with Gasteiger partial charge in [0.25, 0.3) is 0 Å². The number of carbonyl (C=O) groups excluding carboxylic acids is 2. The van der Waals surface area contributed by atoms with Crippen molar-refractivity contribution in [3.05, 3.63) is 23.3 Å². The Kier molecular flexibility index (Phi) is 10.8. The van der Waals surface area contributed by atoms with Crippen molar-refractivity contribution in [2.75, 3.05) is 86.8 Å². The normalized spacial score (nSPS) is 18.8. The van der Waals surface area contributed by atoms with Crippen molar-refractivity contribution in [2.24, 2.45) is 0 Å². The van der Waals surface area contributed by atoms with Gasteiger partial charge in [-0.15, -0.1) is 0 Å². The Hall–Kier alpha value is -2.25. The highest BCUT2D eigenvalue weighted by atomic mass is 32.2. The molecule has 2 fully saturated rings. The zero-order chi connectivity index (χ0) is 28.8. The molecule has 3 rings (SSSR count). The highest BCUT2D eigenvalue weighted by molar-refractivity contribution is 7.89. The minimum absolute atomic E-state index is 0.0419. The summed E-state index contributed by atoms with van der Waals surface area (Å²) in [6.07, 6.45) is 1.56. The first-order valence-corrected chi connectivity index (χ1v) is 15.0. The third-order valence-corrected chi connectivity index (χ3v) is 10.2. The number of amides is 2. The van der Waals surface area contributed by atoms with Crippen LogP contribution in [0.5, 0.6) is 5.75 Å². The van der Waals surface area contributed by atoms with Crippen molar-refractivity contribution in [1.82, 2.24) is 24.3 Å². The number of carbonyl (C=O) groups is 2. The van der Waals surface area contributed by atoms with Crippen molar-refractivity contribution < 1.29 is 27.5 Å². The Morgan fingerprint density at radius 1 is 1.05 bits per heavy atom. The molecular formula is C27H45N5O6S. The van der Waals surface area contributed by atoms with Crippen molar-refractivity contribution >= 4 is 21.8 Å². The first kappa shape index (κ1) is 31.3. The van der Waals surface area contributed by atoms with Crippen LogP contribution in [0.15, 0.2) is 17.0 Å². The maximum absolute atomic E-state index is 13.2. The summed E-state index contributed by atoms with van der Waals surface area (Å²) in [5.74, 6) is 0.468. The van der Waals surface area contributed by atoms with E-state index in [4.69, 9.17) is 9.47 Å². The topological polar surface area (TPSA) is 112 Å². The van der Waals surface area contributed by atoms with Gasteiger partial charge < -0.3 is 24.6 Å². The Balaban J connectivity index is 1.50. The van der Waals surface area contributed by atoms with Gasteiger partial charge in [0.05, 0.1) is 18.6 Å². The van der Waals surface area contributed by atoms with E-state index in [0.29, 0.717) is 36.5 Å². The van der Waals surface area contributed by atoms with Crippen molar-refractivity contribution in [2.45, 2.75) is 44.0 Å². The molecule has 11 nitrogen and oxygen atoms in total. The number of sulfonamides is 1. The number of rotatable bonds is 11. The molecule has 39 heavy (non-hydrogen) atoms. The Morgan fingerprint density at radius 3 is 2.18 bits per heavy atom. The van der Waals surface area contributed by atoms with Crippen LogP contribution in [0.1, 0.15) is 30.9 Å². The molecule has 12 heteroatoms. The predicted octanol–water partition coefficient (Wildman–Crippen LogP) is 0.694. The maximum atomic E-state index is 13.2. The first-order chi connectivity index (χ1) is 18.4. The van der Waals surface area contributed by atoms with Crippen LogP contribution < -0.4 is 10.1 Å². The Morgan fingerprint density at radius 2 is 1.64 bits per heavy atom. The third kappa shape index (κ3) is 7.69. The molecule has 2 amide bonds. The second kappa shape index (κ2) is 13.4. The number of piperazine rings is 1. The summed E-state index contributed by atoms with van der Waals surface area (Å²) in [5.41, 5.74) is 1.08. The average Bonchev–Trinajstić information content (AvgIpc) is 2.89. The number of ether oxygens (including phenoxy) is 2. The third-order valence-electron chi connectivity index (χ3n) is 8.00. The SMILES string of the molecule is COc1cc(C)c(S(=O)(=O)N(C)CCOCC(=O)N2CCC(CNC(C)=O)(N3CCN(C)CC3)CC2)c(C)c1. The van der Waals surface area contributed by atoms with Crippen LogP contribution in [0.3, 0.4) is 0 Å². The molecule has 0 spiro atoms. The van der Waals surface area contributed by atoms with Crippen LogP contribution in [-0.2, 0) is 24.3 Å². The van der Waals surface area contributed by atoms with Gasteiger partial charge in [-0.05, 0) is 57.0 Å². The molecule has 1 aromatic carbocycles. The quantitative estimate of drug-likeness (QED) is 0.389. The molecule has 2 aliphatic heterocycles. The number of benzene rings is 1.